The molecule has 0 bridgehead atoms. The molecule has 0 spiro atoms. The zero-order valence-electron chi connectivity index (χ0n) is 15.4. The van der Waals surface area contributed by atoms with E-state index in [4.69, 9.17) is 9.47 Å². The van der Waals surface area contributed by atoms with Gasteiger partial charge in [-0.1, -0.05) is 48.7 Å². The topological polar surface area (TPSA) is 47.6 Å². The van der Waals surface area contributed by atoms with Crippen molar-refractivity contribution < 1.29 is 14.3 Å². The van der Waals surface area contributed by atoms with Crippen molar-refractivity contribution in [3.8, 4) is 11.5 Å². The number of fused-ring (bicyclic) bond motifs is 1. The van der Waals surface area contributed by atoms with E-state index in [1.165, 1.54) is 5.56 Å². The molecule has 1 unspecified atom stereocenters. The Balaban J connectivity index is 1.57. The van der Waals surface area contributed by atoms with Crippen molar-refractivity contribution >= 4 is 5.91 Å². The van der Waals surface area contributed by atoms with E-state index in [1.54, 1.807) is 0 Å². The van der Waals surface area contributed by atoms with Crippen molar-refractivity contribution in [3.05, 3.63) is 59.2 Å². The number of aryl methyl sites for hydroxylation is 1. The highest BCUT2D eigenvalue weighted by atomic mass is 16.7. The molecule has 2 aromatic carbocycles. The summed E-state index contributed by atoms with van der Waals surface area (Å²) in [4.78, 5) is 13.3. The van der Waals surface area contributed by atoms with Crippen LogP contribution in [0.3, 0.4) is 0 Å². The molecule has 26 heavy (non-hydrogen) atoms. The molecule has 4 heteroatoms. The van der Waals surface area contributed by atoms with Gasteiger partial charge >= 0.3 is 0 Å². The lowest BCUT2D eigenvalue weighted by Crippen LogP contribution is -2.43. The van der Waals surface area contributed by atoms with Crippen LogP contribution in [-0.4, -0.2) is 12.7 Å². The number of nitrogens with one attached hydrogen (secondary N) is 1. The minimum atomic E-state index is -0.406. The van der Waals surface area contributed by atoms with E-state index in [0.29, 0.717) is 0 Å². The molecule has 1 heterocycles. The van der Waals surface area contributed by atoms with Gasteiger partial charge in [0.15, 0.2) is 11.5 Å². The molecule has 1 aliphatic carbocycles. The molecule has 2 aliphatic rings. The number of ether oxygens (including phenoxy) is 2. The van der Waals surface area contributed by atoms with Crippen molar-refractivity contribution in [1.82, 2.24) is 5.32 Å². The maximum Gasteiger partial charge on any atom is 0.231 e. The Labute approximate surface area is 154 Å². The van der Waals surface area contributed by atoms with Gasteiger partial charge in [-0.15, -0.1) is 0 Å². The van der Waals surface area contributed by atoms with E-state index >= 15 is 0 Å². The first kappa shape index (κ1) is 17.0. The molecule has 0 aromatic heterocycles. The Morgan fingerprint density at radius 2 is 1.85 bits per heavy atom. The fourth-order valence-corrected chi connectivity index (χ4v) is 4.17. The average molecular weight is 351 g/mol. The fraction of sp³-hybridized carbons (Fsp3) is 0.409. The van der Waals surface area contributed by atoms with Gasteiger partial charge in [0.25, 0.3) is 0 Å². The summed E-state index contributed by atoms with van der Waals surface area (Å²) in [5.74, 6) is 1.64. The number of amides is 1. The van der Waals surface area contributed by atoms with Gasteiger partial charge < -0.3 is 14.8 Å². The van der Waals surface area contributed by atoms with E-state index < -0.39 is 5.41 Å². The molecule has 0 saturated heterocycles. The van der Waals surface area contributed by atoms with Crippen LogP contribution in [0.25, 0.3) is 0 Å². The minimum absolute atomic E-state index is 0.0840. The number of hydrogen-bond donors (Lipinski definition) is 1. The molecular formula is C22H25NO3. The Kier molecular flexibility index (Phi) is 4.35. The Morgan fingerprint density at radius 1 is 1.08 bits per heavy atom. The Morgan fingerprint density at radius 3 is 2.62 bits per heavy atom. The summed E-state index contributed by atoms with van der Waals surface area (Å²) in [6, 6.07) is 14.2. The molecule has 1 saturated carbocycles. The first-order valence-corrected chi connectivity index (χ1v) is 9.36. The smallest absolute Gasteiger partial charge is 0.231 e. The number of hydrogen-bond acceptors (Lipinski definition) is 3. The van der Waals surface area contributed by atoms with Gasteiger partial charge in [0.1, 0.15) is 0 Å². The van der Waals surface area contributed by atoms with Gasteiger partial charge in [0, 0.05) is 0 Å². The fourth-order valence-electron chi connectivity index (χ4n) is 4.17. The quantitative estimate of drug-likeness (QED) is 0.887. The first-order chi connectivity index (χ1) is 12.6. The molecule has 2 aromatic rings. The summed E-state index contributed by atoms with van der Waals surface area (Å²) in [5, 5.41) is 3.25. The second-order valence-electron chi connectivity index (χ2n) is 7.47. The normalized spacial score (nSPS) is 18.5. The van der Waals surface area contributed by atoms with E-state index in [1.807, 2.05) is 25.1 Å². The van der Waals surface area contributed by atoms with Gasteiger partial charge in [-0.05, 0) is 49.9 Å². The van der Waals surface area contributed by atoms with Gasteiger partial charge in [0.05, 0.1) is 11.5 Å². The summed E-state index contributed by atoms with van der Waals surface area (Å²) in [6.45, 7) is 4.36. The molecular weight excluding hydrogens is 326 g/mol. The van der Waals surface area contributed by atoms with Gasteiger partial charge in [0.2, 0.25) is 12.7 Å². The van der Waals surface area contributed by atoms with Crippen LogP contribution in [0.2, 0.25) is 0 Å². The van der Waals surface area contributed by atoms with E-state index in [0.717, 1.165) is 48.3 Å². The summed E-state index contributed by atoms with van der Waals surface area (Å²) >= 11 is 0. The van der Waals surface area contributed by atoms with Crippen molar-refractivity contribution in [2.75, 3.05) is 6.79 Å². The number of rotatable bonds is 4. The molecule has 1 aliphatic heterocycles. The highest BCUT2D eigenvalue weighted by Crippen LogP contribution is 2.42. The van der Waals surface area contributed by atoms with Crippen LogP contribution < -0.4 is 14.8 Å². The van der Waals surface area contributed by atoms with Crippen molar-refractivity contribution in [2.24, 2.45) is 0 Å². The third kappa shape index (κ3) is 2.94. The lowest BCUT2D eigenvalue weighted by atomic mass is 9.77. The maximum absolute atomic E-state index is 13.3. The standard InChI is InChI=1S/C22H25NO3/c1-15-6-5-7-18(12-15)22(10-3-4-11-22)21(24)23-16(2)17-8-9-19-20(13-17)26-14-25-19/h5-9,12-13,16H,3-4,10-11,14H2,1-2H3,(H,23,24). The van der Waals surface area contributed by atoms with E-state index in [9.17, 15) is 4.79 Å². The average Bonchev–Trinajstić information content (AvgIpc) is 3.31. The largest absolute Gasteiger partial charge is 0.454 e. The van der Waals surface area contributed by atoms with E-state index in [2.05, 4.69) is 36.5 Å². The predicted octanol–water partition coefficient (Wildman–Crippen LogP) is 4.41. The third-order valence-corrected chi connectivity index (χ3v) is 5.71. The highest BCUT2D eigenvalue weighted by molar-refractivity contribution is 5.89. The summed E-state index contributed by atoms with van der Waals surface area (Å²) < 4.78 is 10.8. The number of carbonyl (C=O) groups excluding carboxylic acids is 1. The van der Waals surface area contributed by atoms with Crippen molar-refractivity contribution in [2.45, 2.75) is 51.0 Å². The minimum Gasteiger partial charge on any atom is -0.454 e. The molecule has 4 rings (SSSR count). The molecule has 0 radical (unpaired) electrons. The van der Waals surface area contributed by atoms with E-state index in [-0.39, 0.29) is 18.7 Å². The molecule has 1 amide bonds. The SMILES string of the molecule is Cc1cccc(C2(C(=O)NC(C)c3ccc4c(c3)OCO4)CCCC2)c1. The summed E-state index contributed by atoms with van der Waals surface area (Å²) in [7, 11) is 0. The second-order valence-corrected chi connectivity index (χ2v) is 7.47. The van der Waals surface area contributed by atoms with Crippen molar-refractivity contribution in [3.63, 3.8) is 0 Å². The Hall–Kier alpha value is -2.49. The molecule has 1 N–H and O–H groups in total. The highest BCUT2D eigenvalue weighted by Gasteiger charge is 2.43. The van der Waals surface area contributed by atoms with Crippen LogP contribution >= 0.6 is 0 Å². The van der Waals surface area contributed by atoms with Crippen LogP contribution in [0.5, 0.6) is 11.5 Å². The summed E-state index contributed by atoms with van der Waals surface area (Å²) in [6.07, 6.45) is 4.02. The van der Waals surface area contributed by atoms with Crippen LogP contribution in [0.4, 0.5) is 0 Å². The molecule has 136 valence electrons. The first-order valence-electron chi connectivity index (χ1n) is 9.36. The second kappa shape index (κ2) is 6.67. The van der Waals surface area contributed by atoms with Gasteiger partial charge in [-0.2, -0.15) is 0 Å². The zero-order chi connectivity index (χ0) is 18.1. The lowest BCUT2D eigenvalue weighted by Gasteiger charge is -2.30. The van der Waals surface area contributed by atoms with Crippen LogP contribution in [0.15, 0.2) is 42.5 Å². The van der Waals surface area contributed by atoms with Crippen LogP contribution in [0, 0.1) is 6.92 Å². The number of carbonyl (C=O) groups is 1. The number of benzene rings is 2. The van der Waals surface area contributed by atoms with Crippen LogP contribution in [-0.2, 0) is 10.2 Å². The summed E-state index contributed by atoms with van der Waals surface area (Å²) in [5.41, 5.74) is 2.96. The zero-order valence-corrected chi connectivity index (χ0v) is 15.4. The molecule has 1 atom stereocenters. The third-order valence-electron chi connectivity index (χ3n) is 5.71. The Bertz CT molecular complexity index is 824. The van der Waals surface area contributed by atoms with Crippen LogP contribution in [0.1, 0.15) is 55.3 Å². The maximum atomic E-state index is 13.3. The molecule has 1 fully saturated rings. The van der Waals surface area contributed by atoms with Gasteiger partial charge in [-0.25, -0.2) is 0 Å². The molecule has 4 nitrogen and oxygen atoms in total. The predicted molar refractivity (Wildman–Crippen MR) is 100 cm³/mol. The van der Waals surface area contributed by atoms with Gasteiger partial charge in [-0.3, -0.25) is 4.79 Å². The lowest BCUT2D eigenvalue weighted by molar-refractivity contribution is -0.127. The van der Waals surface area contributed by atoms with Crippen molar-refractivity contribution in [1.29, 1.82) is 0 Å². The monoisotopic (exact) mass is 351 g/mol.